The van der Waals surface area contributed by atoms with Gasteiger partial charge in [0.1, 0.15) is 28.7 Å². The number of nitrogens with zero attached hydrogens (tertiary/aromatic N) is 5. The Morgan fingerprint density at radius 1 is 1.05 bits per heavy atom. The number of amides is 1. The molecule has 3 aromatic heterocycles. The normalized spacial score (nSPS) is 12.1. The monoisotopic (exact) mass is 612 g/mol. The second-order valence-electron chi connectivity index (χ2n) is 9.61. The zero-order chi connectivity index (χ0) is 29.9. The van der Waals surface area contributed by atoms with Gasteiger partial charge in [-0.2, -0.15) is 4.68 Å². The summed E-state index contributed by atoms with van der Waals surface area (Å²) in [5.74, 6) is -0.0952. The summed E-state index contributed by atoms with van der Waals surface area (Å²) in [4.78, 5) is 35.5. The molecule has 0 spiro atoms. The zero-order valence-corrected chi connectivity index (χ0v) is 23.7. The number of carbonyl (C=O) groups excluding carboxylic acids is 1. The fourth-order valence-electron chi connectivity index (χ4n) is 4.70. The van der Waals surface area contributed by atoms with Gasteiger partial charge in [0.2, 0.25) is 5.91 Å². The Kier molecular flexibility index (Phi) is 7.73. The quantitative estimate of drug-likeness (QED) is 0.176. The van der Waals surface area contributed by atoms with Crippen LogP contribution < -0.4 is 10.9 Å². The van der Waals surface area contributed by atoms with Crippen molar-refractivity contribution in [1.82, 2.24) is 40.5 Å². The lowest BCUT2D eigenvalue weighted by atomic mass is 10.1. The van der Waals surface area contributed by atoms with E-state index in [-0.39, 0.29) is 16.8 Å². The summed E-state index contributed by atoms with van der Waals surface area (Å²) in [6.45, 7) is 0. The van der Waals surface area contributed by atoms with Crippen molar-refractivity contribution in [2.45, 2.75) is 12.5 Å². The van der Waals surface area contributed by atoms with Crippen LogP contribution in [0.4, 0.5) is 0 Å². The van der Waals surface area contributed by atoms with E-state index in [9.17, 15) is 14.7 Å². The Balaban J connectivity index is 1.31. The molecule has 3 heterocycles. The number of hydrogen-bond donors (Lipinski definition) is 4. The molecule has 1 atom stereocenters. The highest BCUT2D eigenvalue weighted by molar-refractivity contribution is 6.32. The second-order valence-corrected chi connectivity index (χ2v) is 10.4. The van der Waals surface area contributed by atoms with Crippen molar-refractivity contribution in [2.24, 2.45) is 0 Å². The SMILES string of the molecule is O=C(C=Cc1cc(Cl)ccc1-n1cnnn1)NC(Cc1ccccc1)c1nc(-c2ccc3[nH]c(=O)cc(O)c3c2)c(Cl)[nH]1. The van der Waals surface area contributed by atoms with Crippen LogP contribution in [0.15, 0.2) is 90.0 Å². The highest BCUT2D eigenvalue weighted by Crippen LogP contribution is 2.32. The molecule has 0 aliphatic heterocycles. The van der Waals surface area contributed by atoms with Crippen molar-refractivity contribution in [3.05, 3.63) is 123 Å². The molecule has 4 N–H and O–H groups in total. The van der Waals surface area contributed by atoms with Crippen LogP contribution in [-0.4, -0.2) is 46.2 Å². The molecule has 11 nitrogen and oxygen atoms in total. The van der Waals surface area contributed by atoms with Crippen LogP contribution >= 0.6 is 23.2 Å². The molecular formula is C30H22Cl2N8O3. The number of H-pyrrole nitrogens is 2. The highest BCUT2D eigenvalue weighted by atomic mass is 35.5. The van der Waals surface area contributed by atoms with Crippen LogP contribution in [0.2, 0.25) is 10.2 Å². The molecule has 0 saturated heterocycles. The lowest BCUT2D eigenvalue weighted by Gasteiger charge is -2.16. The molecule has 0 radical (unpaired) electrons. The molecule has 0 aliphatic rings. The molecular weight excluding hydrogens is 591 g/mol. The number of nitrogens with one attached hydrogen (secondary N) is 3. The first-order valence-electron chi connectivity index (χ1n) is 13.0. The molecule has 6 rings (SSSR count). The van der Waals surface area contributed by atoms with Gasteiger partial charge in [0.25, 0.3) is 5.56 Å². The van der Waals surface area contributed by atoms with Crippen LogP contribution in [0.25, 0.3) is 33.9 Å². The third-order valence-corrected chi connectivity index (χ3v) is 7.21. The Bertz CT molecular complexity index is 2020. The summed E-state index contributed by atoms with van der Waals surface area (Å²) in [5.41, 5.74) is 3.37. The number of hydrogen-bond acceptors (Lipinski definition) is 7. The van der Waals surface area contributed by atoms with Gasteiger partial charge in [0, 0.05) is 33.7 Å². The summed E-state index contributed by atoms with van der Waals surface area (Å²) in [6, 6.07) is 20.5. The van der Waals surface area contributed by atoms with Gasteiger partial charge in [-0.1, -0.05) is 59.6 Å². The fraction of sp³-hybridized carbons (Fsp3) is 0.0667. The van der Waals surface area contributed by atoms with Gasteiger partial charge < -0.3 is 20.4 Å². The van der Waals surface area contributed by atoms with Gasteiger partial charge in [0.15, 0.2) is 0 Å². The maximum absolute atomic E-state index is 13.2. The van der Waals surface area contributed by atoms with Gasteiger partial charge in [0.05, 0.1) is 17.2 Å². The summed E-state index contributed by atoms with van der Waals surface area (Å²) in [5, 5.41) is 25.8. The van der Waals surface area contributed by atoms with E-state index in [0.29, 0.717) is 50.7 Å². The Morgan fingerprint density at radius 2 is 1.88 bits per heavy atom. The molecule has 0 bridgehead atoms. The van der Waals surface area contributed by atoms with E-state index in [1.54, 1.807) is 42.5 Å². The summed E-state index contributed by atoms with van der Waals surface area (Å²) < 4.78 is 1.47. The Morgan fingerprint density at radius 3 is 2.67 bits per heavy atom. The minimum Gasteiger partial charge on any atom is -0.507 e. The maximum atomic E-state index is 13.2. The average Bonchev–Trinajstić information content (AvgIpc) is 3.66. The smallest absolute Gasteiger partial charge is 0.252 e. The highest BCUT2D eigenvalue weighted by Gasteiger charge is 2.21. The first-order valence-corrected chi connectivity index (χ1v) is 13.8. The average molecular weight is 613 g/mol. The largest absolute Gasteiger partial charge is 0.507 e. The summed E-state index contributed by atoms with van der Waals surface area (Å²) in [7, 11) is 0. The van der Waals surface area contributed by atoms with Crippen LogP contribution in [0, 0.1) is 0 Å². The van der Waals surface area contributed by atoms with Crippen molar-refractivity contribution in [1.29, 1.82) is 0 Å². The van der Waals surface area contributed by atoms with Gasteiger partial charge in [-0.15, -0.1) is 5.10 Å². The van der Waals surface area contributed by atoms with E-state index in [1.165, 1.54) is 17.1 Å². The Hall–Kier alpha value is -5.26. The van der Waals surface area contributed by atoms with Gasteiger partial charge in [-0.05, 0) is 58.8 Å². The van der Waals surface area contributed by atoms with Gasteiger partial charge in [-0.3, -0.25) is 9.59 Å². The standard InChI is InChI=1S/C30H22Cl2N8O3/c31-20-8-10-24(40-16-33-38-39-40)18(13-20)7-11-26(42)35-23(12-17-4-2-1-3-5-17)30-36-28(29(32)37-30)19-6-9-22-21(14-19)25(41)15-27(43)34-22/h1-11,13-16,23H,12H2,(H,35,42)(H,36,37)(H2,34,41,43). The van der Waals surface area contributed by atoms with E-state index < -0.39 is 11.6 Å². The number of tetrazole rings is 1. The number of rotatable bonds is 8. The first-order chi connectivity index (χ1) is 20.8. The van der Waals surface area contributed by atoms with Crippen molar-refractivity contribution >= 4 is 46.1 Å². The minimum atomic E-state index is -0.575. The van der Waals surface area contributed by atoms with Crippen LogP contribution in [0.1, 0.15) is 23.0 Å². The van der Waals surface area contributed by atoms with Crippen LogP contribution in [-0.2, 0) is 11.2 Å². The van der Waals surface area contributed by atoms with Crippen molar-refractivity contribution in [3.63, 3.8) is 0 Å². The molecule has 3 aromatic carbocycles. The minimum absolute atomic E-state index is 0.156. The third-order valence-electron chi connectivity index (χ3n) is 6.70. The predicted molar refractivity (Wildman–Crippen MR) is 163 cm³/mol. The first kappa shape index (κ1) is 27.9. The predicted octanol–water partition coefficient (Wildman–Crippen LogP) is 5.02. The van der Waals surface area contributed by atoms with E-state index in [4.69, 9.17) is 28.2 Å². The number of benzene rings is 3. The topological polar surface area (TPSA) is 154 Å². The number of imidazole rings is 1. The Labute approximate surface area is 253 Å². The number of pyridine rings is 1. The van der Waals surface area contributed by atoms with Gasteiger partial charge >= 0.3 is 0 Å². The molecule has 13 heteroatoms. The van der Waals surface area contributed by atoms with E-state index in [2.05, 4.69) is 30.8 Å². The second kappa shape index (κ2) is 11.9. The number of carbonyl (C=O) groups is 1. The number of aromatic amines is 2. The number of halogens is 2. The molecule has 6 aromatic rings. The van der Waals surface area contributed by atoms with Crippen LogP contribution in [0.3, 0.4) is 0 Å². The molecule has 0 saturated carbocycles. The molecule has 0 aliphatic carbocycles. The number of aromatic hydroxyl groups is 1. The van der Waals surface area contributed by atoms with Gasteiger partial charge in [-0.25, -0.2) is 4.98 Å². The van der Waals surface area contributed by atoms with Crippen molar-refractivity contribution in [2.75, 3.05) is 0 Å². The van der Waals surface area contributed by atoms with E-state index >= 15 is 0 Å². The fourth-order valence-corrected chi connectivity index (χ4v) is 5.13. The van der Waals surface area contributed by atoms with Crippen LogP contribution in [0.5, 0.6) is 5.75 Å². The maximum Gasteiger partial charge on any atom is 0.252 e. The third kappa shape index (κ3) is 6.17. The molecule has 214 valence electrons. The lowest BCUT2D eigenvalue weighted by molar-refractivity contribution is -0.117. The van der Waals surface area contributed by atoms with E-state index in [0.717, 1.165) is 11.6 Å². The molecule has 1 amide bonds. The van der Waals surface area contributed by atoms with Crippen molar-refractivity contribution < 1.29 is 9.90 Å². The summed E-state index contributed by atoms with van der Waals surface area (Å²) in [6.07, 6.45) is 4.90. The number of aromatic nitrogens is 7. The lowest BCUT2D eigenvalue weighted by Crippen LogP contribution is -2.29. The zero-order valence-electron chi connectivity index (χ0n) is 22.2. The molecule has 43 heavy (non-hydrogen) atoms. The van der Waals surface area contributed by atoms with E-state index in [1.807, 2.05) is 30.3 Å². The molecule has 0 fully saturated rings. The molecule has 1 unspecified atom stereocenters. The van der Waals surface area contributed by atoms with Crippen molar-refractivity contribution in [3.8, 4) is 22.7 Å². The number of fused-ring (bicyclic) bond motifs is 1. The summed E-state index contributed by atoms with van der Waals surface area (Å²) >= 11 is 12.8.